The molecule has 0 heterocycles. The molecule has 0 aromatic rings. The molecule has 20 heavy (non-hydrogen) atoms. The lowest BCUT2D eigenvalue weighted by Gasteiger charge is -2.32. The molecule has 0 aromatic heterocycles. The van der Waals surface area contributed by atoms with Gasteiger partial charge < -0.3 is 0 Å². The van der Waals surface area contributed by atoms with Gasteiger partial charge in [0.2, 0.25) is 0 Å². The van der Waals surface area contributed by atoms with Gasteiger partial charge in [0.05, 0.1) is 33.0 Å². The van der Waals surface area contributed by atoms with E-state index in [4.69, 9.17) is 0 Å². The summed E-state index contributed by atoms with van der Waals surface area (Å²) in [6.45, 7) is 24.6. The summed E-state index contributed by atoms with van der Waals surface area (Å²) in [6, 6.07) is 0. The first kappa shape index (κ1) is 22.1. The standard InChI is InChI=1S/C15H39P5/c1-14(2)15(16-3)11-20(9,10)18(5)12-17(4)13-19(6,7)8/h14-16H,11-13H2,1-10H3/q+2. The number of rotatable bonds is 9. The van der Waals surface area contributed by atoms with Crippen LogP contribution in [0.15, 0.2) is 0 Å². The van der Waals surface area contributed by atoms with Gasteiger partial charge in [-0.05, 0) is 25.9 Å². The van der Waals surface area contributed by atoms with Crippen LogP contribution in [0.4, 0.5) is 0 Å². The van der Waals surface area contributed by atoms with E-state index in [1.54, 1.807) is 18.0 Å². The van der Waals surface area contributed by atoms with Crippen molar-refractivity contribution in [1.29, 1.82) is 0 Å². The minimum atomic E-state index is -0.679. The Balaban J connectivity index is 4.53. The average molecular weight is 374 g/mol. The molecule has 0 radical (unpaired) electrons. The van der Waals surface area contributed by atoms with Gasteiger partial charge in [-0.1, -0.05) is 21.8 Å². The highest BCUT2D eigenvalue weighted by molar-refractivity contribution is 8.39. The van der Waals surface area contributed by atoms with Crippen molar-refractivity contribution in [3.05, 3.63) is 0 Å². The van der Waals surface area contributed by atoms with Crippen LogP contribution in [0, 0.1) is 5.92 Å². The Labute approximate surface area is 135 Å². The van der Waals surface area contributed by atoms with E-state index in [0.717, 1.165) is 20.2 Å². The van der Waals surface area contributed by atoms with Gasteiger partial charge in [-0.15, -0.1) is 8.58 Å². The summed E-state index contributed by atoms with van der Waals surface area (Å²) in [5, 5.41) is 0. The SMILES string of the molecule is CPC(C[P+](C)(C)P(C)CP(C)C[P+](C)(C)C)C(C)C. The van der Waals surface area contributed by atoms with E-state index in [1.165, 1.54) is 0 Å². The van der Waals surface area contributed by atoms with Crippen molar-refractivity contribution < 1.29 is 0 Å². The minimum Gasteiger partial charge on any atom is -0.118 e. The quantitative estimate of drug-likeness (QED) is 0.401. The predicted octanol–water partition coefficient (Wildman–Crippen LogP) is 6.56. The van der Waals surface area contributed by atoms with E-state index in [1.807, 2.05) is 0 Å². The van der Waals surface area contributed by atoms with E-state index in [2.05, 4.69) is 67.2 Å². The van der Waals surface area contributed by atoms with Gasteiger partial charge in [-0.25, -0.2) is 0 Å². The van der Waals surface area contributed by atoms with E-state index in [9.17, 15) is 0 Å². The molecule has 4 unspecified atom stereocenters. The van der Waals surface area contributed by atoms with Crippen LogP contribution in [0.3, 0.4) is 0 Å². The van der Waals surface area contributed by atoms with Gasteiger partial charge in [0, 0.05) is 45.8 Å². The first-order valence-corrected chi connectivity index (χ1v) is 20.2. The largest absolute Gasteiger partial charge is 0.118 e. The fourth-order valence-electron chi connectivity index (χ4n) is 2.55. The molecule has 4 atom stereocenters. The lowest BCUT2D eigenvalue weighted by Crippen LogP contribution is -2.16. The van der Waals surface area contributed by atoms with Crippen molar-refractivity contribution in [2.24, 2.45) is 5.92 Å². The molecule has 0 saturated heterocycles. The monoisotopic (exact) mass is 374 g/mol. The van der Waals surface area contributed by atoms with Crippen molar-refractivity contribution in [3.63, 3.8) is 0 Å². The second kappa shape index (κ2) is 9.45. The van der Waals surface area contributed by atoms with Crippen molar-refractivity contribution >= 4 is 38.3 Å². The third kappa shape index (κ3) is 9.33. The van der Waals surface area contributed by atoms with Crippen molar-refractivity contribution in [2.45, 2.75) is 19.5 Å². The Morgan fingerprint density at radius 1 is 1.00 bits per heavy atom. The predicted molar refractivity (Wildman–Crippen MR) is 117 cm³/mol. The highest BCUT2D eigenvalue weighted by Crippen LogP contribution is 2.81. The Bertz CT molecular complexity index is 270. The lowest BCUT2D eigenvalue weighted by atomic mass is 10.1. The fraction of sp³-hybridized carbons (Fsp3) is 1.00. The molecule has 0 nitrogen and oxygen atoms in total. The third-order valence-electron chi connectivity index (χ3n) is 3.86. The van der Waals surface area contributed by atoms with E-state index < -0.39 is 14.2 Å². The van der Waals surface area contributed by atoms with E-state index in [0.29, 0.717) is 7.92 Å². The van der Waals surface area contributed by atoms with E-state index in [-0.39, 0.29) is 7.61 Å². The summed E-state index contributed by atoms with van der Waals surface area (Å²) in [7, 11) is 1.13. The Morgan fingerprint density at radius 3 is 1.85 bits per heavy atom. The zero-order valence-corrected chi connectivity index (χ0v) is 20.1. The molecule has 0 amide bonds. The van der Waals surface area contributed by atoms with Crippen molar-refractivity contribution in [2.75, 3.05) is 71.3 Å². The maximum absolute atomic E-state index is 2.66. The minimum absolute atomic E-state index is 0.283. The zero-order valence-electron chi connectivity index (χ0n) is 15.6. The molecule has 0 bridgehead atoms. The topological polar surface area (TPSA) is 0 Å². The van der Waals surface area contributed by atoms with Gasteiger partial charge >= 0.3 is 0 Å². The lowest BCUT2D eigenvalue weighted by molar-refractivity contribution is 0.643. The van der Waals surface area contributed by atoms with Crippen LogP contribution >= 0.6 is 38.3 Å². The Morgan fingerprint density at radius 2 is 1.50 bits per heavy atom. The number of hydrogen-bond donors (Lipinski definition) is 0. The molecule has 0 aliphatic rings. The second-order valence-electron chi connectivity index (χ2n) is 8.03. The summed E-state index contributed by atoms with van der Waals surface area (Å²) in [5.41, 5.74) is 0.987. The summed E-state index contributed by atoms with van der Waals surface area (Å²) in [5.74, 6) is 4.02. The maximum Gasteiger partial charge on any atom is 0.0771 e. The Hall–Kier alpha value is 2.15. The molecule has 0 fully saturated rings. The smallest absolute Gasteiger partial charge is 0.0771 e. The molecular formula is C15H39P5+2. The third-order valence-corrected chi connectivity index (χ3v) is 25.0. The average Bonchev–Trinajstić information content (AvgIpc) is 2.22. The van der Waals surface area contributed by atoms with Crippen molar-refractivity contribution in [3.8, 4) is 0 Å². The molecule has 0 spiro atoms. The van der Waals surface area contributed by atoms with Crippen LogP contribution in [0.5, 0.6) is 0 Å². The van der Waals surface area contributed by atoms with Crippen LogP contribution in [0.2, 0.25) is 0 Å². The molecule has 0 aliphatic carbocycles. The molecule has 122 valence electrons. The van der Waals surface area contributed by atoms with Crippen LogP contribution in [-0.4, -0.2) is 76.9 Å². The molecule has 0 N–H and O–H groups in total. The van der Waals surface area contributed by atoms with Crippen LogP contribution in [-0.2, 0) is 0 Å². The molecule has 5 heteroatoms. The second-order valence-corrected chi connectivity index (χ2v) is 28.1. The normalized spacial score (nSPS) is 18.8. The van der Waals surface area contributed by atoms with Crippen LogP contribution in [0.1, 0.15) is 13.8 Å². The molecule has 0 aliphatic heterocycles. The summed E-state index contributed by atoms with van der Waals surface area (Å²) in [4.78, 5) is 0. The highest BCUT2D eigenvalue weighted by atomic mass is 32.1. The first-order valence-electron chi connectivity index (χ1n) is 7.60. The number of hydrogen-bond acceptors (Lipinski definition) is 0. The molecule has 0 rings (SSSR count). The molecule has 0 aromatic carbocycles. The van der Waals surface area contributed by atoms with Gasteiger partial charge in [0.1, 0.15) is 0 Å². The highest BCUT2D eigenvalue weighted by Gasteiger charge is 2.38. The fourth-order valence-corrected chi connectivity index (χ4v) is 24.9. The Kier molecular flexibility index (Phi) is 10.5. The zero-order chi connectivity index (χ0) is 16.1. The summed E-state index contributed by atoms with van der Waals surface area (Å²) < 4.78 is 0. The molecular weight excluding hydrogens is 335 g/mol. The van der Waals surface area contributed by atoms with Gasteiger partial charge in [0.25, 0.3) is 0 Å². The van der Waals surface area contributed by atoms with Gasteiger partial charge in [0.15, 0.2) is 0 Å². The van der Waals surface area contributed by atoms with Gasteiger partial charge in [-0.3, -0.25) is 0 Å². The maximum atomic E-state index is 2.66. The summed E-state index contributed by atoms with van der Waals surface area (Å²) >= 11 is 0. The van der Waals surface area contributed by atoms with Gasteiger partial charge in [-0.2, -0.15) is 0 Å². The summed E-state index contributed by atoms with van der Waals surface area (Å²) in [6.07, 6.45) is 1.55. The van der Waals surface area contributed by atoms with E-state index >= 15 is 0 Å². The van der Waals surface area contributed by atoms with Crippen LogP contribution < -0.4 is 0 Å². The van der Waals surface area contributed by atoms with Crippen molar-refractivity contribution in [1.82, 2.24) is 0 Å². The first-order chi connectivity index (χ1) is 8.89. The molecule has 0 saturated carbocycles. The van der Waals surface area contributed by atoms with Crippen LogP contribution in [0.25, 0.3) is 0 Å².